The van der Waals surface area contributed by atoms with Gasteiger partial charge in [0.25, 0.3) is 5.91 Å². The van der Waals surface area contributed by atoms with E-state index in [1.54, 1.807) is 12.1 Å². The molecule has 0 saturated carbocycles. The van der Waals surface area contributed by atoms with Crippen LogP contribution in [-0.4, -0.2) is 38.7 Å². The molecule has 21 heavy (non-hydrogen) atoms. The average molecular weight is 305 g/mol. The first-order valence-corrected chi connectivity index (χ1v) is 7.40. The number of piperidine rings is 1. The Kier molecular flexibility index (Phi) is 3.92. The van der Waals surface area contributed by atoms with Gasteiger partial charge in [0.2, 0.25) is 0 Å². The van der Waals surface area contributed by atoms with E-state index in [1.165, 1.54) is 11.8 Å². The number of rotatable bonds is 2. The van der Waals surface area contributed by atoms with Crippen LogP contribution >= 0.6 is 11.6 Å². The van der Waals surface area contributed by atoms with Gasteiger partial charge in [-0.1, -0.05) is 11.6 Å². The highest BCUT2D eigenvalue weighted by molar-refractivity contribution is 6.30. The Labute approximate surface area is 128 Å². The third-order valence-corrected chi connectivity index (χ3v) is 4.15. The largest absolute Gasteiger partial charge is 0.337 e. The van der Waals surface area contributed by atoms with E-state index in [4.69, 9.17) is 11.6 Å². The van der Waals surface area contributed by atoms with E-state index in [0.29, 0.717) is 16.6 Å². The van der Waals surface area contributed by atoms with Gasteiger partial charge < -0.3 is 4.90 Å². The molecule has 3 heterocycles. The predicted molar refractivity (Wildman–Crippen MR) is 80.3 cm³/mol. The van der Waals surface area contributed by atoms with Crippen molar-refractivity contribution in [3.8, 4) is 0 Å². The number of hydrogen-bond acceptors (Lipinski definition) is 3. The van der Waals surface area contributed by atoms with Crippen LogP contribution in [0.15, 0.2) is 30.7 Å². The molecular weight excluding hydrogens is 288 g/mol. The molecule has 5 nitrogen and oxygen atoms in total. The highest BCUT2D eigenvalue weighted by atomic mass is 35.5. The number of aromatic nitrogens is 3. The zero-order chi connectivity index (χ0) is 14.8. The SMILES string of the molecule is Cn1cc(C2CCN(C(=O)c3ccc(Cl)cn3)CC2)cn1. The van der Waals surface area contributed by atoms with Gasteiger partial charge in [0.1, 0.15) is 5.69 Å². The third kappa shape index (κ3) is 3.08. The summed E-state index contributed by atoms with van der Waals surface area (Å²) in [6.45, 7) is 1.51. The molecule has 0 aliphatic carbocycles. The van der Waals surface area contributed by atoms with Gasteiger partial charge in [0.15, 0.2) is 0 Å². The monoisotopic (exact) mass is 304 g/mol. The van der Waals surface area contributed by atoms with E-state index in [0.717, 1.165) is 25.9 Å². The van der Waals surface area contributed by atoms with E-state index >= 15 is 0 Å². The number of halogens is 1. The number of pyridine rings is 1. The number of carbonyl (C=O) groups is 1. The molecule has 0 N–H and O–H groups in total. The first-order valence-electron chi connectivity index (χ1n) is 7.03. The maximum atomic E-state index is 12.4. The van der Waals surface area contributed by atoms with Crippen molar-refractivity contribution in [2.75, 3.05) is 13.1 Å². The highest BCUT2D eigenvalue weighted by Gasteiger charge is 2.25. The Bertz CT molecular complexity index is 629. The van der Waals surface area contributed by atoms with Gasteiger partial charge in [-0.25, -0.2) is 4.98 Å². The van der Waals surface area contributed by atoms with Gasteiger partial charge in [0, 0.05) is 32.5 Å². The molecule has 1 aliphatic heterocycles. The molecule has 6 heteroatoms. The third-order valence-electron chi connectivity index (χ3n) is 3.92. The minimum absolute atomic E-state index is 0.0173. The van der Waals surface area contributed by atoms with Crippen molar-refractivity contribution >= 4 is 17.5 Å². The Balaban J connectivity index is 1.63. The molecule has 110 valence electrons. The Hall–Kier alpha value is -1.88. The summed E-state index contributed by atoms with van der Waals surface area (Å²) in [6, 6.07) is 3.38. The lowest BCUT2D eigenvalue weighted by molar-refractivity contribution is 0.0707. The number of likely N-dealkylation sites (tertiary alicyclic amines) is 1. The van der Waals surface area contributed by atoms with E-state index in [9.17, 15) is 4.79 Å². The molecule has 1 saturated heterocycles. The molecule has 0 atom stereocenters. The Morgan fingerprint density at radius 3 is 2.62 bits per heavy atom. The topological polar surface area (TPSA) is 51.0 Å². The van der Waals surface area contributed by atoms with Crippen LogP contribution in [0.25, 0.3) is 0 Å². The van der Waals surface area contributed by atoms with Crippen molar-refractivity contribution < 1.29 is 4.79 Å². The minimum atomic E-state index is -0.0173. The van der Waals surface area contributed by atoms with Gasteiger partial charge in [-0.05, 0) is 36.5 Å². The molecule has 1 amide bonds. The lowest BCUT2D eigenvalue weighted by Gasteiger charge is -2.31. The van der Waals surface area contributed by atoms with Gasteiger partial charge in [-0.15, -0.1) is 0 Å². The maximum Gasteiger partial charge on any atom is 0.272 e. The number of nitrogens with zero attached hydrogens (tertiary/aromatic N) is 4. The van der Waals surface area contributed by atoms with Crippen molar-refractivity contribution in [3.63, 3.8) is 0 Å². The fraction of sp³-hybridized carbons (Fsp3) is 0.400. The predicted octanol–water partition coefficient (Wildman–Crippen LogP) is 2.49. The van der Waals surface area contributed by atoms with Crippen LogP contribution in [0.4, 0.5) is 0 Å². The standard InChI is InChI=1S/C15H17ClN4O/c1-19-10-12(8-18-19)11-4-6-20(7-5-11)15(21)14-3-2-13(16)9-17-14/h2-3,8-11H,4-7H2,1H3. The summed E-state index contributed by atoms with van der Waals surface area (Å²) in [5, 5.41) is 4.76. The second kappa shape index (κ2) is 5.85. The molecule has 1 aliphatic rings. The molecule has 2 aromatic rings. The summed E-state index contributed by atoms with van der Waals surface area (Å²) in [6.07, 6.45) is 7.42. The molecule has 1 fully saturated rings. The molecule has 3 rings (SSSR count). The first-order chi connectivity index (χ1) is 10.1. The Morgan fingerprint density at radius 1 is 1.29 bits per heavy atom. The van der Waals surface area contributed by atoms with E-state index in [-0.39, 0.29) is 5.91 Å². The zero-order valence-corrected chi connectivity index (χ0v) is 12.6. The minimum Gasteiger partial charge on any atom is -0.337 e. The molecule has 0 radical (unpaired) electrons. The van der Waals surface area contributed by atoms with Gasteiger partial charge in [-0.2, -0.15) is 5.10 Å². The molecule has 0 spiro atoms. The second-order valence-electron chi connectivity index (χ2n) is 5.38. The van der Waals surface area contributed by atoms with Crippen LogP contribution in [0.1, 0.15) is 34.8 Å². The average Bonchev–Trinajstić information content (AvgIpc) is 2.94. The zero-order valence-electron chi connectivity index (χ0n) is 11.9. The summed E-state index contributed by atoms with van der Waals surface area (Å²) >= 11 is 5.80. The second-order valence-corrected chi connectivity index (χ2v) is 5.81. The van der Waals surface area contributed by atoms with Crippen molar-refractivity contribution in [2.24, 2.45) is 7.05 Å². The summed E-state index contributed by atoms with van der Waals surface area (Å²) in [5.41, 5.74) is 1.72. The molecule has 0 bridgehead atoms. The summed E-state index contributed by atoms with van der Waals surface area (Å²) < 4.78 is 1.82. The summed E-state index contributed by atoms with van der Waals surface area (Å²) in [7, 11) is 1.92. The number of hydrogen-bond donors (Lipinski definition) is 0. The van der Waals surface area contributed by atoms with Crippen LogP contribution in [0, 0.1) is 0 Å². The fourth-order valence-corrected chi connectivity index (χ4v) is 2.84. The Morgan fingerprint density at radius 2 is 2.05 bits per heavy atom. The smallest absolute Gasteiger partial charge is 0.272 e. The van der Waals surface area contributed by atoms with Crippen LogP contribution in [0.3, 0.4) is 0 Å². The van der Waals surface area contributed by atoms with Crippen molar-refractivity contribution in [1.29, 1.82) is 0 Å². The van der Waals surface area contributed by atoms with Crippen molar-refractivity contribution in [2.45, 2.75) is 18.8 Å². The van der Waals surface area contributed by atoms with Gasteiger partial charge in [0.05, 0.1) is 11.2 Å². The van der Waals surface area contributed by atoms with Gasteiger partial charge in [-0.3, -0.25) is 9.48 Å². The van der Waals surface area contributed by atoms with Crippen LogP contribution in [-0.2, 0) is 7.05 Å². The van der Waals surface area contributed by atoms with E-state index in [2.05, 4.69) is 16.3 Å². The van der Waals surface area contributed by atoms with E-state index < -0.39 is 0 Å². The highest BCUT2D eigenvalue weighted by Crippen LogP contribution is 2.28. The lowest BCUT2D eigenvalue weighted by Crippen LogP contribution is -2.38. The number of carbonyl (C=O) groups excluding carboxylic acids is 1. The lowest BCUT2D eigenvalue weighted by atomic mass is 9.91. The van der Waals surface area contributed by atoms with Crippen molar-refractivity contribution in [3.05, 3.63) is 47.0 Å². The van der Waals surface area contributed by atoms with E-state index in [1.807, 2.05) is 22.8 Å². The normalized spacial score (nSPS) is 16.2. The number of aryl methyl sites for hydroxylation is 1. The van der Waals surface area contributed by atoms with Crippen molar-refractivity contribution in [1.82, 2.24) is 19.7 Å². The number of amides is 1. The summed E-state index contributed by atoms with van der Waals surface area (Å²) in [4.78, 5) is 18.3. The van der Waals surface area contributed by atoms with Gasteiger partial charge >= 0.3 is 0 Å². The van der Waals surface area contributed by atoms with Crippen LogP contribution < -0.4 is 0 Å². The quantitative estimate of drug-likeness (QED) is 0.856. The van der Waals surface area contributed by atoms with Crippen LogP contribution in [0.2, 0.25) is 5.02 Å². The maximum absolute atomic E-state index is 12.4. The molecular formula is C15H17ClN4O. The molecule has 0 aromatic carbocycles. The fourth-order valence-electron chi connectivity index (χ4n) is 2.73. The van der Waals surface area contributed by atoms with Crippen LogP contribution in [0.5, 0.6) is 0 Å². The summed E-state index contributed by atoms with van der Waals surface area (Å²) in [5.74, 6) is 0.470. The molecule has 0 unspecified atom stereocenters. The molecule has 2 aromatic heterocycles. The first kappa shape index (κ1) is 14.1.